The van der Waals surface area contributed by atoms with Crippen molar-refractivity contribution in [2.75, 3.05) is 26.3 Å². The number of aromatic hydroxyl groups is 1. The third-order valence-corrected chi connectivity index (χ3v) is 4.49. The summed E-state index contributed by atoms with van der Waals surface area (Å²) in [6, 6.07) is 3.87. The quantitative estimate of drug-likeness (QED) is 0.559. The first kappa shape index (κ1) is 20.1. The first-order chi connectivity index (χ1) is 12.5. The van der Waals surface area contributed by atoms with Crippen molar-refractivity contribution in [3.63, 3.8) is 0 Å². The van der Waals surface area contributed by atoms with Gasteiger partial charge in [0, 0.05) is 37.3 Å². The van der Waals surface area contributed by atoms with Crippen LogP contribution in [0.2, 0.25) is 0 Å². The van der Waals surface area contributed by atoms with Crippen LogP contribution in [0.15, 0.2) is 18.2 Å². The van der Waals surface area contributed by atoms with Crippen LogP contribution in [0, 0.1) is 5.82 Å². The van der Waals surface area contributed by atoms with E-state index in [0.29, 0.717) is 13.0 Å². The molecule has 2 aliphatic rings. The van der Waals surface area contributed by atoms with Crippen LogP contribution in [0.25, 0.3) is 0 Å². The standard InChI is InChI=1S/C16H21FN2O4.CH2O2/c17-14-5-10(1-2-15(14)21)16(22)18-11-6-12-9-23-13(3-4-20)8-19(12)7-11;2-1-3/h1-2,5,11-13,20-21H,3-4,6-9H2,(H,18,22);1H,(H,2,3)/t11-,12+,13+;/m1./s1. The van der Waals surface area contributed by atoms with Crippen molar-refractivity contribution in [2.45, 2.75) is 31.0 Å². The number of hydrogen-bond donors (Lipinski definition) is 4. The molecule has 1 amide bonds. The van der Waals surface area contributed by atoms with Gasteiger partial charge in [-0.25, -0.2) is 4.39 Å². The maximum Gasteiger partial charge on any atom is 0.290 e. The van der Waals surface area contributed by atoms with Gasteiger partial charge in [-0.2, -0.15) is 0 Å². The number of aliphatic hydroxyl groups excluding tert-OH is 1. The van der Waals surface area contributed by atoms with E-state index >= 15 is 0 Å². The van der Waals surface area contributed by atoms with Crippen molar-refractivity contribution < 1.29 is 34.0 Å². The second kappa shape index (κ2) is 9.46. The third kappa shape index (κ3) is 5.13. The SMILES string of the molecule is O=C(N[C@@H]1C[C@H]2CO[C@@H](CCO)CN2C1)c1ccc(O)c(F)c1.O=CO. The molecule has 2 saturated heterocycles. The normalized spacial score (nSPS) is 24.9. The number of phenols is 1. The number of hydrogen-bond acceptors (Lipinski definition) is 6. The molecule has 9 heteroatoms. The van der Waals surface area contributed by atoms with Gasteiger partial charge in [0.1, 0.15) is 0 Å². The number of phenolic OH excluding ortho intramolecular Hbond substituents is 1. The lowest BCUT2D eigenvalue weighted by atomic mass is 10.1. The van der Waals surface area contributed by atoms with E-state index in [4.69, 9.17) is 19.7 Å². The van der Waals surface area contributed by atoms with E-state index in [1.807, 2.05) is 0 Å². The van der Waals surface area contributed by atoms with Crippen LogP contribution < -0.4 is 5.32 Å². The summed E-state index contributed by atoms with van der Waals surface area (Å²) in [6.45, 7) is 1.94. The minimum Gasteiger partial charge on any atom is -0.505 e. The van der Waals surface area contributed by atoms with Crippen molar-refractivity contribution in [3.05, 3.63) is 29.6 Å². The van der Waals surface area contributed by atoms with E-state index in [9.17, 15) is 14.3 Å². The van der Waals surface area contributed by atoms with E-state index in [1.165, 1.54) is 12.1 Å². The fourth-order valence-corrected chi connectivity index (χ4v) is 3.28. The van der Waals surface area contributed by atoms with E-state index in [0.717, 1.165) is 25.6 Å². The first-order valence-corrected chi connectivity index (χ1v) is 8.32. The molecule has 2 heterocycles. The molecule has 0 spiro atoms. The summed E-state index contributed by atoms with van der Waals surface area (Å²) in [5.74, 6) is -1.62. The first-order valence-electron chi connectivity index (χ1n) is 8.32. The molecule has 1 aromatic carbocycles. The van der Waals surface area contributed by atoms with Gasteiger partial charge in [-0.1, -0.05) is 0 Å². The highest BCUT2D eigenvalue weighted by Crippen LogP contribution is 2.24. The molecule has 0 aromatic heterocycles. The van der Waals surface area contributed by atoms with Crippen LogP contribution in [0.4, 0.5) is 4.39 Å². The fourth-order valence-electron chi connectivity index (χ4n) is 3.28. The average Bonchev–Trinajstić information content (AvgIpc) is 2.99. The predicted octanol–water partition coefficient (Wildman–Crippen LogP) is 0.186. The Morgan fingerprint density at radius 3 is 2.81 bits per heavy atom. The minimum atomic E-state index is -0.804. The monoisotopic (exact) mass is 370 g/mol. The number of ether oxygens (including phenoxy) is 1. The van der Waals surface area contributed by atoms with E-state index < -0.39 is 11.6 Å². The van der Waals surface area contributed by atoms with Crippen molar-refractivity contribution in [1.82, 2.24) is 10.2 Å². The van der Waals surface area contributed by atoms with Gasteiger partial charge in [0.25, 0.3) is 12.4 Å². The molecule has 26 heavy (non-hydrogen) atoms. The zero-order valence-electron chi connectivity index (χ0n) is 14.2. The van der Waals surface area contributed by atoms with E-state index in [1.54, 1.807) is 0 Å². The molecule has 0 unspecified atom stereocenters. The van der Waals surface area contributed by atoms with Crippen LogP contribution >= 0.6 is 0 Å². The molecule has 3 rings (SSSR count). The lowest BCUT2D eigenvalue weighted by molar-refractivity contribution is -0.122. The zero-order valence-corrected chi connectivity index (χ0v) is 14.2. The smallest absolute Gasteiger partial charge is 0.290 e. The van der Waals surface area contributed by atoms with Crippen molar-refractivity contribution in [1.29, 1.82) is 0 Å². The molecule has 0 radical (unpaired) electrons. The van der Waals surface area contributed by atoms with Crippen LogP contribution in [-0.4, -0.2) is 77.1 Å². The highest BCUT2D eigenvalue weighted by atomic mass is 19.1. The number of halogens is 1. The van der Waals surface area contributed by atoms with Crippen LogP contribution in [0.3, 0.4) is 0 Å². The van der Waals surface area contributed by atoms with E-state index in [2.05, 4.69) is 10.2 Å². The highest BCUT2D eigenvalue weighted by molar-refractivity contribution is 5.94. The molecule has 8 nitrogen and oxygen atoms in total. The van der Waals surface area contributed by atoms with Gasteiger partial charge < -0.3 is 25.4 Å². The summed E-state index contributed by atoms with van der Waals surface area (Å²) in [4.78, 5) is 22.8. The number of carbonyl (C=O) groups is 2. The Morgan fingerprint density at radius 2 is 2.15 bits per heavy atom. The average molecular weight is 370 g/mol. The number of nitrogens with one attached hydrogen (secondary N) is 1. The second-order valence-electron chi connectivity index (χ2n) is 6.25. The molecule has 2 fully saturated rings. The Kier molecular flexibility index (Phi) is 7.31. The summed E-state index contributed by atoms with van der Waals surface area (Å²) in [5, 5.41) is 28.0. The molecular weight excluding hydrogens is 347 g/mol. The molecule has 0 aliphatic carbocycles. The molecule has 0 bridgehead atoms. The predicted molar refractivity (Wildman–Crippen MR) is 89.4 cm³/mol. The number of fused-ring (bicyclic) bond motifs is 1. The Labute approximate surface area is 150 Å². The lowest BCUT2D eigenvalue weighted by Gasteiger charge is -2.34. The summed E-state index contributed by atoms with van der Waals surface area (Å²) in [5.41, 5.74) is 0.194. The fraction of sp³-hybridized carbons (Fsp3) is 0.529. The Bertz CT molecular complexity index is 629. The Balaban J connectivity index is 0.000000758. The summed E-state index contributed by atoms with van der Waals surface area (Å²) in [7, 11) is 0. The number of carbonyl (C=O) groups excluding carboxylic acids is 1. The number of benzene rings is 1. The summed E-state index contributed by atoms with van der Waals surface area (Å²) >= 11 is 0. The number of aliphatic hydroxyl groups is 1. The van der Waals surface area contributed by atoms with Crippen LogP contribution in [-0.2, 0) is 9.53 Å². The molecule has 144 valence electrons. The maximum absolute atomic E-state index is 13.3. The summed E-state index contributed by atoms with van der Waals surface area (Å²) < 4.78 is 19.0. The van der Waals surface area contributed by atoms with Gasteiger partial charge in [-0.3, -0.25) is 14.5 Å². The molecular formula is C17H23FN2O6. The van der Waals surface area contributed by atoms with Gasteiger partial charge in [0.2, 0.25) is 0 Å². The molecule has 3 atom stereocenters. The minimum absolute atomic E-state index is 0.0131. The van der Waals surface area contributed by atoms with Crippen molar-refractivity contribution in [2.24, 2.45) is 0 Å². The van der Waals surface area contributed by atoms with Crippen molar-refractivity contribution in [3.8, 4) is 5.75 Å². The summed E-state index contributed by atoms with van der Waals surface area (Å²) in [6.07, 6.45) is 1.45. The third-order valence-electron chi connectivity index (χ3n) is 4.49. The van der Waals surface area contributed by atoms with Crippen LogP contribution in [0.1, 0.15) is 23.2 Å². The largest absolute Gasteiger partial charge is 0.505 e. The van der Waals surface area contributed by atoms with E-state index in [-0.39, 0.29) is 42.7 Å². The number of carboxylic acid groups (broad SMARTS) is 1. The second-order valence-corrected chi connectivity index (χ2v) is 6.25. The zero-order chi connectivity index (χ0) is 19.1. The van der Waals surface area contributed by atoms with Crippen molar-refractivity contribution >= 4 is 12.4 Å². The van der Waals surface area contributed by atoms with Gasteiger partial charge in [0.15, 0.2) is 11.6 Å². The number of rotatable bonds is 4. The molecule has 0 saturated carbocycles. The molecule has 1 aromatic rings. The van der Waals surface area contributed by atoms with Gasteiger partial charge in [-0.15, -0.1) is 0 Å². The topological polar surface area (TPSA) is 119 Å². The van der Waals surface area contributed by atoms with Gasteiger partial charge >= 0.3 is 0 Å². The maximum atomic E-state index is 13.3. The highest BCUT2D eigenvalue weighted by Gasteiger charge is 2.37. The van der Waals surface area contributed by atoms with Crippen LogP contribution in [0.5, 0.6) is 5.75 Å². The van der Waals surface area contributed by atoms with Gasteiger partial charge in [-0.05, 0) is 31.0 Å². The number of amides is 1. The Hall–Kier alpha value is -2.23. The number of morpholine rings is 1. The molecule has 2 aliphatic heterocycles. The molecule has 4 N–H and O–H groups in total. The lowest BCUT2D eigenvalue weighted by Crippen LogP contribution is -2.46. The number of nitrogens with zero attached hydrogens (tertiary/aromatic N) is 1. The Morgan fingerprint density at radius 1 is 1.42 bits per heavy atom. The van der Waals surface area contributed by atoms with Gasteiger partial charge in [0.05, 0.1) is 12.7 Å².